The lowest BCUT2D eigenvalue weighted by Gasteiger charge is -2.39. The van der Waals surface area contributed by atoms with Crippen LogP contribution >= 0.6 is 0 Å². The summed E-state index contributed by atoms with van der Waals surface area (Å²) in [6.07, 6.45) is 0.168. The van der Waals surface area contributed by atoms with Gasteiger partial charge in [0.2, 0.25) is 10.0 Å². The van der Waals surface area contributed by atoms with Crippen molar-refractivity contribution in [2.75, 3.05) is 36.7 Å². The minimum Gasteiger partial charge on any atom is -0.450 e. The SMILES string of the molecule is CCCS(=O)(=O)Nc1ccc(C(=O)N2CCN(C(=O)OCC)C[C@@H]2C)cc1. The number of carbonyl (C=O) groups excluding carboxylic acids is 2. The Kier molecular flexibility index (Phi) is 7.06. The van der Waals surface area contributed by atoms with Crippen LogP contribution in [0.4, 0.5) is 10.5 Å². The highest BCUT2D eigenvalue weighted by molar-refractivity contribution is 7.92. The number of ether oxygens (including phenoxy) is 1. The molecule has 1 aliphatic rings. The number of carbonyl (C=O) groups is 2. The Morgan fingerprint density at radius 1 is 1.19 bits per heavy atom. The van der Waals surface area contributed by atoms with Gasteiger partial charge in [-0.15, -0.1) is 0 Å². The lowest BCUT2D eigenvalue weighted by molar-refractivity contribution is 0.0423. The summed E-state index contributed by atoms with van der Waals surface area (Å²) in [6.45, 7) is 7.02. The number of hydrogen-bond donors (Lipinski definition) is 1. The molecule has 0 radical (unpaired) electrons. The fraction of sp³-hybridized carbons (Fsp3) is 0.556. The summed E-state index contributed by atoms with van der Waals surface area (Å²) in [5, 5.41) is 0. The topological polar surface area (TPSA) is 96.0 Å². The molecular weight excluding hydrogens is 370 g/mol. The third-order valence-electron chi connectivity index (χ3n) is 4.29. The fourth-order valence-electron chi connectivity index (χ4n) is 2.99. The van der Waals surface area contributed by atoms with Crippen molar-refractivity contribution < 1.29 is 22.7 Å². The van der Waals surface area contributed by atoms with Gasteiger partial charge in [0.1, 0.15) is 0 Å². The van der Waals surface area contributed by atoms with E-state index in [9.17, 15) is 18.0 Å². The Morgan fingerprint density at radius 3 is 2.41 bits per heavy atom. The summed E-state index contributed by atoms with van der Waals surface area (Å²) in [7, 11) is -3.36. The van der Waals surface area contributed by atoms with Crippen LogP contribution in [0.5, 0.6) is 0 Å². The first-order valence-corrected chi connectivity index (χ1v) is 10.8. The van der Waals surface area contributed by atoms with E-state index in [1.165, 1.54) is 0 Å². The average molecular weight is 397 g/mol. The molecule has 0 saturated carbocycles. The molecule has 1 fully saturated rings. The minimum atomic E-state index is -3.36. The standard InChI is InChI=1S/C18H27N3O5S/c1-4-12-27(24,25)19-16-8-6-15(7-9-16)17(22)21-11-10-20(13-14(21)3)18(23)26-5-2/h6-9,14,19H,4-5,10-13H2,1-3H3/t14-/m0/s1. The van der Waals surface area contributed by atoms with E-state index in [0.29, 0.717) is 43.9 Å². The number of nitrogens with one attached hydrogen (secondary N) is 1. The average Bonchev–Trinajstić information content (AvgIpc) is 2.61. The van der Waals surface area contributed by atoms with E-state index in [4.69, 9.17) is 4.74 Å². The predicted molar refractivity (Wildman–Crippen MR) is 103 cm³/mol. The molecule has 1 atom stereocenters. The van der Waals surface area contributed by atoms with Crippen molar-refractivity contribution in [1.82, 2.24) is 9.80 Å². The third kappa shape index (κ3) is 5.59. The van der Waals surface area contributed by atoms with Crippen molar-refractivity contribution in [2.24, 2.45) is 0 Å². The van der Waals surface area contributed by atoms with Crippen LogP contribution in [0.2, 0.25) is 0 Å². The number of piperazine rings is 1. The molecule has 0 aliphatic carbocycles. The van der Waals surface area contributed by atoms with Crippen LogP contribution in [0.1, 0.15) is 37.6 Å². The summed E-state index contributed by atoms with van der Waals surface area (Å²) in [4.78, 5) is 27.9. The molecule has 0 bridgehead atoms. The van der Waals surface area contributed by atoms with Gasteiger partial charge in [-0.2, -0.15) is 0 Å². The number of benzene rings is 1. The van der Waals surface area contributed by atoms with Gasteiger partial charge in [-0.1, -0.05) is 6.92 Å². The summed E-state index contributed by atoms with van der Waals surface area (Å²) in [5.41, 5.74) is 0.907. The molecule has 1 saturated heterocycles. The lowest BCUT2D eigenvalue weighted by Crippen LogP contribution is -2.55. The number of anilines is 1. The molecular formula is C18H27N3O5S. The van der Waals surface area contributed by atoms with Gasteiger partial charge in [0.15, 0.2) is 0 Å². The van der Waals surface area contributed by atoms with Gasteiger partial charge >= 0.3 is 6.09 Å². The third-order valence-corrected chi connectivity index (χ3v) is 5.78. The van der Waals surface area contributed by atoms with E-state index in [1.54, 1.807) is 47.9 Å². The van der Waals surface area contributed by atoms with Gasteiger partial charge in [0.25, 0.3) is 5.91 Å². The lowest BCUT2D eigenvalue weighted by atomic mass is 10.1. The Balaban J connectivity index is 2.01. The van der Waals surface area contributed by atoms with Crippen LogP contribution < -0.4 is 4.72 Å². The molecule has 0 aromatic heterocycles. The largest absolute Gasteiger partial charge is 0.450 e. The molecule has 2 amide bonds. The summed E-state index contributed by atoms with van der Waals surface area (Å²) in [6, 6.07) is 6.24. The van der Waals surface area contributed by atoms with Crippen LogP contribution in [0.15, 0.2) is 24.3 Å². The van der Waals surface area contributed by atoms with E-state index in [2.05, 4.69) is 4.72 Å². The molecule has 1 aromatic carbocycles. The van der Waals surface area contributed by atoms with Gasteiger partial charge in [-0.3, -0.25) is 9.52 Å². The van der Waals surface area contributed by atoms with Crippen LogP contribution in [0.25, 0.3) is 0 Å². The number of sulfonamides is 1. The first-order valence-electron chi connectivity index (χ1n) is 9.10. The minimum absolute atomic E-state index is 0.0515. The van der Waals surface area contributed by atoms with E-state index in [-0.39, 0.29) is 23.8 Å². The van der Waals surface area contributed by atoms with Crippen LogP contribution in [-0.2, 0) is 14.8 Å². The monoisotopic (exact) mass is 397 g/mol. The highest BCUT2D eigenvalue weighted by Crippen LogP contribution is 2.17. The van der Waals surface area contributed by atoms with Gasteiger partial charge < -0.3 is 14.5 Å². The normalized spacial score (nSPS) is 17.5. The smallest absolute Gasteiger partial charge is 0.409 e. The van der Waals surface area contributed by atoms with Crippen LogP contribution in [0.3, 0.4) is 0 Å². The predicted octanol–water partition coefficient (Wildman–Crippen LogP) is 2.14. The number of nitrogens with zero attached hydrogens (tertiary/aromatic N) is 2. The van der Waals surface area contributed by atoms with Gasteiger partial charge in [-0.05, 0) is 44.5 Å². The first kappa shape index (κ1) is 21.0. The second-order valence-corrected chi connectivity index (χ2v) is 8.33. The maximum atomic E-state index is 12.8. The summed E-state index contributed by atoms with van der Waals surface area (Å²) in [5.74, 6) is -0.0929. The number of amides is 2. The van der Waals surface area contributed by atoms with Crippen molar-refractivity contribution in [3.8, 4) is 0 Å². The Labute approximate surface area is 160 Å². The molecule has 0 spiro atoms. The first-order chi connectivity index (χ1) is 12.8. The number of hydrogen-bond acceptors (Lipinski definition) is 5. The maximum absolute atomic E-state index is 12.8. The summed E-state index contributed by atoms with van der Waals surface area (Å²) >= 11 is 0. The second kappa shape index (κ2) is 9.07. The summed E-state index contributed by atoms with van der Waals surface area (Å²) < 4.78 is 31.1. The van der Waals surface area contributed by atoms with E-state index in [1.807, 2.05) is 6.92 Å². The van der Waals surface area contributed by atoms with E-state index < -0.39 is 10.0 Å². The molecule has 1 aliphatic heterocycles. The Bertz CT molecular complexity index is 764. The maximum Gasteiger partial charge on any atom is 0.409 e. The van der Waals surface area contributed by atoms with Crippen LogP contribution in [0, 0.1) is 0 Å². The molecule has 27 heavy (non-hydrogen) atoms. The van der Waals surface area contributed by atoms with E-state index in [0.717, 1.165) is 0 Å². The zero-order valence-corrected chi connectivity index (χ0v) is 16.8. The molecule has 1 aromatic rings. The molecule has 8 nitrogen and oxygen atoms in total. The van der Waals surface area contributed by atoms with Gasteiger partial charge in [-0.25, -0.2) is 13.2 Å². The molecule has 150 valence electrons. The molecule has 2 rings (SSSR count). The van der Waals surface area contributed by atoms with Gasteiger partial charge in [0.05, 0.1) is 12.4 Å². The second-order valence-electron chi connectivity index (χ2n) is 6.49. The van der Waals surface area contributed by atoms with Crippen molar-refractivity contribution in [1.29, 1.82) is 0 Å². The highest BCUT2D eigenvalue weighted by atomic mass is 32.2. The molecule has 1 heterocycles. The van der Waals surface area contributed by atoms with Crippen molar-refractivity contribution in [3.63, 3.8) is 0 Å². The number of rotatable bonds is 6. The zero-order chi connectivity index (χ0) is 20.0. The zero-order valence-electron chi connectivity index (χ0n) is 16.0. The Morgan fingerprint density at radius 2 is 1.85 bits per heavy atom. The molecule has 0 unspecified atom stereocenters. The quantitative estimate of drug-likeness (QED) is 0.793. The molecule has 1 N–H and O–H groups in total. The van der Waals surface area contributed by atoms with E-state index >= 15 is 0 Å². The van der Waals surface area contributed by atoms with Crippen molar-refractivity contribution in [3.05, 3.63) is 29.8 Å². The van der Waals surface area contributed by atoms with Crippen LogP contribution in [-0.4, -0.2) is 68.3 Å². The fourth-order valence-corrected chi connectivity index (χ4v) is 4.12. The van der Waals surface area contributed by atoms with Crippen molar-refractivity contribution >= 4 is 27.7 Å². The van der Waals surface area contributed by atoms with Gasteiger partial charge in [0, 0.05) is 36.9 Å². The highest BCUT2D eigenvalue weighted by Gasteiger charge is 2.30. The molecule has 9 heteroatoms. The van der Waals surface area contributed by atoms with Crippen molar-refractivity contribution in [2.45, 2.75) is 33.2 Å². The Hall–Kier alpha value is -2.29.